The molecule has 0 spiro atoms. The van der Waals surface area contributed by atoms with Crippen LogP contribution in [0.3, 0.4) is 0 Å². The molecular weight excluding hydrogens is 442 g/mol. The highest BCUT2D eigenvalue weighted by molar-refractivity contribution is 7.90. The van der Waals surface area contributed by atoms with Crippen LogP contribution in [0, 0.1) is 0 Å². The molecule has 31 heavy (non-hydrogen) atoms. The summed E-state index contributed by atoms with van der Waals surface area (Å²) in [5, 5.41) is 2.59. The summed E-state index contributed by atoms with van der Waals surface area (Å²) in [6.45, 7) is -0.544. The van der Waals surface area contributed by atoms with Crippen LogP contribution in [0.4, 0.5) is 5.69 Å². The number of para-hydroxylation sites is 1. The Labute approximate surface area is 184 Å². The Morgan fingerprint density at radius 1 is 0.935 bits per heavy atom. The van der Waals surface area contributed by atoms with Crippen molar-refractivity contribution >= 4 is 39.0 Å². The van der Waals surface area contributed by atoms with Crippen LogP contribution in [0.25, 0.3) is 0 Å². The lowest BCUT2D eigenvalue weighted by molar-refractivity contribution is -0.119. The minimum absolute atomic E-state index is 0.00326. The first-order valence-electron chi connectivity index (χ1n) is 9.02. The number of anilines is 1. The predicted molar refractivity (Wildman–Crippen MR) is 116 cm³/mol. The molecule has 0 bridgehead atoms. The third-order valence-corrected chi connectivity index (χ3v) is 5.60. The maximum Gasteiger partial charge on any atom is 0.338 e. The van der Waals surface area contributed by atoms with E-state index in [9.17, 15) is 18.0 Å². The van der Waals surface area contributed by atoms with Gasteiger partial charge in [-0.15, -0.1) is 0 Å². The molecule has 0 atom stereocenters. The minimum Gasteiger partial charge on any atom is -0.457 e. The molecule has 160 valence electrons. The number of rotatable bonds is 7. The third-order valence-electron chi connectivity index (χ3n) is 4.02. The Bertz CT molecular complexity index is 1190. The molecule has 1 amide bonds. The lowest BCUT2D eigenvalue weighted by Crippen LogP contribution is -2.21. The number of hydrogen-bond donors (Lipinski definition) is 1. The van der Waals surface area contributed by atoms with Gasteiger partial charge in [0, 0.05) is 11.9 Å². The summed E-state index contributed by atoms with van der Waals surface area (Å²) < 4.78 is 34.1. The summed E-state index contributed by atoms with van der Waals surface area (Å²) >= 11 is 5.86. The molecule has 3 aromatic carbocycles. The summed E-state index contributed by atoms with van der Waals surface area (Å²) in [6.07, 6.45) is 0.979. The topological polar surface area (TPSA) is 98.8 Å². The largest absolute Gasteiger partial charge is 0.457 e. The first-order valence-corrected chi connectivity index (χ1v) is 11.3. The molecule has 0 aliphatic carbocycles. The van der Waals surface area contributed by atoms with Gasteiger partial charge < -0.3 is 14.8 Å². The molecule has 9 heteroatoms. The van der Waals surface area contributed by atoms with Crippen LogP contribution in [0.15, 0.2) is 77.7 Å². The molecule has 0 aromatic heterocycles. The van der Waals surface area contributed by atoms with Crippen molar-refractivity contribution in [2.75, 3.05) is 18.2 Å². The Kier molecular flexibility index (Phi) is 6.94. The highest BCUT2D eigenvalue weighted by atomic mass is 35.5. The van der Waals surface area contributed by atoms with Gasteiger partial charge in [-0.25, -0.2) is 13.2 Å². The summed E-state index contributed by atoms with van der Waals surface area (Å²) in [7, 11) is -3.61. The van der Waals surface area contributed by atoms with Gasteiger partial charge in [0.2, 0.25) is 0 Å². The molecular formula is C22H18ClNO6S. The van der Waals surface area contributed by atoms with E-state index in [1.807, 2.05) is 30.3 Å². The van der Waals surface area contributed by atoms with Crippen LogP contribution in [-0.4, -0.2) is 33.2 Å². The molecule has 0 fully saturated rings. The van der Waals surface area contributed by atoms with E-state index in [1.54, 1.807) is 24.3 Å². The molecule has 1 N–H and O–H groups in total. The van der Waals surface area contributed by atoms with Crippen LogP contribution in [0.2, 0.25) is 5.02 Å². The number of hydrogen-bond acceptors (Lipinski definition) is 6. The predicted octanol–water partition coefficient (Wildman–Crippen LogP) is 4.33. The van der Waals surface area contributed by atoms with Crippen molar-refractivity contribution < 1.29 is 27.5 Å². The Balaban J connectivity index is 1.55. The van der Waals surface area contributed by atoms with Crippen molar-refractivity contribution in [3.63, 3.8) is 0 Å². The quantitative estimate of drug-likeness (QED) is 0.528. The second-order valence-corrected chi connectivity index (χ2v) is 8.87. The fraction of sp³-hybridized carbons (Fsp3) is 0.0909. The third kappa shape index (κ3) is 6.31. The van der Waals surface area contributed by atoms with Crippen LogP contribution in [-0.2, 0) is 19.4 Å². The number of esters is 1. The molecule has 3 aromatic rings. The van der Waals surface area contributed by atoms with Crippen molar-refractivity contribution in [3.8, 4) is 11.5 Å². The molecule has 0 radical (unpaired) electrons. The lowest BCUT2D eigenvalue weighted by Gasteiger charge is -2.09. The molecule has 0 aliphatic rings. The highest BCUT2D eigenvalue weighted by Gasteiger charge is 2.17. The van der Waals surface area contributed by atoms with Crippen molar-refractivity contribution in [2.45, 2.75) is 4.90 Å². The number of benzene rings is 3. The molecule has 0 heterocycles. The SMILES string of the molecule is CS(=O)(=O)c1cc(C(=O)OCC(=O)Nc2ccc(Oc3ccccc3)cc2)ccc1Cl. The molecule has 0 saturated heterocycles. The van der Waals surface area contributed by atoms with Gasteiger partial charge in [-0.1, -0.05) is 29.8 Å². The van der Waals surface area contributed by atoms with E-state index in [0.29, 0.717) is 17.2 Å². The van der Waals surface area contributed by atoms with Gasteiger partial charge >= 0.3 is 5.97 Å². The number of carbonyl (C=O) groups is 2. The maximum absolute atomic E-state index is 12.2. The molecule has 3 rings (SSSR count). The number of nitrogens with one attached hydrogen (secondary N) is 1. The van der Waals surface area contributed by atoms with Crippen LogP contribution in [0.1, 0.15) is 10.4 Å². The zero-order valence-corrected chi connectivity index (χ0v) is 17.9. The van der Waals surface area contributed by atoms with Crippen LogP contribution in [0.5, 0.6) is 11.5 Å². The molecule has 0 aliphatic heterocycles. The van der Waals surface area contributed by atoms with Crippen LogP contribution < -0.4 is 10.1 Å². The van der Waals surface area contributed by atoms with Crippen molar-refractivity contribution in [3.05, 3.63) is 83.4 Å². The number of carbonyl (C=O) groups excluding carboxylic acids is 2. The van der Waals surface area contributed by atoms with Crippen molar-refractivity contribution in [1.82, 2.24) is 0 Å². The van der Waals surface area contributed by atoms with Crippen molar-refractivity contribution in [1.29, 1.82) is 0 Å². The van der Waals surface area contributed by atoms with Gasteiger partial charge in [-0.3, -0.25) is 4.79 Å². The number of amides is 1. The Hall–Kier alpha value is -3.36. The zero-order valence-electron chi connectivity index (χ0n) is 16.4. The fourth-order valence-corrected chi connectivity index (χ4v) is 3.86. The standard InChI is InChI=1S/C22H18ClNO6S/c1-31(27,28)20-13-15(7-12-19(20)23)22(26)29-14-21(25)24-16-8-10-18(11-9-16)30-17-5-3-2-4-6-17/h2-13H,14H2,1H3,(H,24,25). The van der Waals surface area contributed by atoms with Gasteiger partial charge in [0.25, 0.3) is 5.91 Å². The Morgan fingerprint density at radius 3 is 2.23 bits per heavy atom. The van der Waals surface area contributed by atoms with Crippen LogP contribution >= 0.6 is 11.6 Å². The molecule has 0 unspecified atom stereocenters. The van der Waals surface area contributed by atoms with Gasteiger partial charge in [0.15, 0.2) is 16.4 Å². The average molecular weight is 460 g/mol. The summed E-state index contributed by atoms with van der Waals surface area (Å²) in [5.74, 6) is -0.113. The van der Waals surface area contributed by atoms with E-state index >= 15 is 0 Å². The first kappa shape index (κ1) is 22.3. The summed E-state index contributed by atoms with van der Waals surface area (Å²) in [5.41, 5.74) is 0.465. The van der Waals surface area contributed by atoms with Gasteiger partial charge in [-0.2, -0.15) is 0 Å². The van der Waals surface area contributed by atoms with E-state index in [1.165, 1.54) is 12.1 Å². The number of halogens is 1. The van der Waals surface area contributed by atoms with Gasteiger partial charge in [0.05, 0.1) is 15.5 Å². The monoisotopic (exact) mass is 459 g/mol. The Morgan fingerprint density at radius 2 is 1.58 bits per heavy atom. The smallest absolute Gasteiger partial charge is 0.338 e. The molecule has 7 nitrogen and oxygen atoms in total. The summed E-state index contributed by atoms with van der Waals surface area (Å²) in [6, 6.07) is 19.6. The van der Waals surface area contributed by atoms with E-state index in [4.69, 9.17) is 21.1 Å². The summed E-state index contributed by atoms with van der Waals surface area (Å²) in [4.78, 5) is 24.0. The highest BCUT2D eigenvalue weighted by Crippen LogP contribution is 2.24. The lowest BCUT2D eigenvalue weighted by atomic mass is 10.2. The first-order chi connectivity index (χ1) is 14.7. The average Bonchev–Trinajstić information content (AvgIpc) is 2.74. The second kappa shape index (κ2) is 9.63. The van der Waals surface area contributed by atoms with Crippen molar-refractivity contribution in [2.24, 2.45) is 0 Å². The fourth-order valence-electron chi connectivity index (χ4n) is 2.56. The van der Waals surface area contributed by atoms with E-state index < -0.39 is 28.3 Å². The maximum atomic E-state index is 12.2. The second-order valence-electron chi connectivity index (χ2n) is 6.48. The van der Waals surface area contributed by atoms with E-state index in [0.717, 1.165) is 12.3 Å². The number of ether oxygens (including phenoxy) is 2. The van der Waals surface area contributed by atoms with E-state index in [2.05, 4.69) is 5.32 Å². The zero-order chi connectivity index (χ0) is 22.4. The number of sulfone groups is 1. The van der Waals surface area contributed by atoms with Gasteiger partial charge in [0.1, 0.15) is 11.5 Å². The van der Waals surface area contributed by atoms with Gasteiger partial charge in [-0.05, 0) is 54.6 Å². The minimum atomic E-state index is -3.61. The normalized spacial score (nSPS) is 10.9. The molecule has 0 saturated carbocycles. The van der Waals surface area contributed by atoms with E-state index in [-0.39, 0.29) is 15.5 Å².